The lowest BCUT2D eigenvalue weighted by molar-refractivity contribution is -0.120. The lowest BCUT2D eigenvalue weighted by Crippen LogP contribution is -2.46. The molecule has 2 nitrogen and oxygen atoms in total. The van der Waals surface area contributed by atoms with E-state index in [1.807, 2.05) is 0 Å². The summed E-state index contributed by atoms with van der Waals surface area (Å²) in [6.45, 7) is 1.77. The number of carbonyl (C=O) groups excluding carboxylic acids is 1. The van der Waals surface area contributed by atoms with Gasteiger partial charge in [0.1, 0.15) is 5.75 Å². The van der Waals surface area contributed by atoms with Crippen molar-refractivity contribution in [2.45, 2.75) is 19.0 Å². The van der Waals surface area contributed by atoms with Crippen LogP contribution in [0, 0.1) is 6.92 Å². The fraction of sp³-hybridized carbons (Fsp3) is 0.188. The molecule has 0 N–H and O–H groups in total. The minimum absolute atomic E-state index is 0.00734. The summed E-state index contributed by atoms with van der Waals surface area (Å²) in [6, 6.07) is 12.3. The summed E-state index contributed by atoms with van der Waals surface area (Å²) < 4.78 is 34.4. The van der Waals surface area contributed by atoms with Gasteiger partial charge in [-0.05, 0) is 19.1 Å². The average molecular weight is 274 g/mol. The summed E-state index contributed by atoms with van der Waals surface area (Å²) in [6.07, 6.45) is -2.38. The van der Waals surface area contributed by atoms with Gasteiger partial charge in [0.25, 0.3) is 0 Å². The second-order valence-corrected chi connectivity index (χ2v) is 4.84. The molecule has 1 aliphatic heterocycles. The number of ketones is 1. The highest BCUT2D eigenvalue weighted by atomic mass is 19.2. The molecule has 2 atom stereocenters. The van der Waals surface area contributed by atoms with Gasteiger partial charge in [-0.2, -0.15) is 4.39 Å². The Morgan fingerprint density at radius 2 is 1.85 bits per heavy atom. The molecule has 0 saturated carbocycles. The Labute approximate surface area is 115 Å². The molecule has 102 valence electrons. The Balaban J connectivity index is 2.13. The molecule has 2 unspecified atom stereocenters. The number of halogens is 2. The summed E-state index contributed by atoms with van der Waals surface area (Å²) in [5, 5.41) is 0. The first-order valence-electron chi connectivity index (χ1n) is 6.25. The van der Waals surface area contributed by atoms with Crippen LogP contribution in [0.5, 0.6) is 5.75 Å². The van der Waals surface area contributed by atoms with Crippen molar-refractivity contribution in [3.63, 3.8) is 0 Å². The number of aryl methyl sites for hydroxylation is 1. The van der Waals surface area contributed by atoms with Gasteiger partial charge in [-0.1, -0.05) is 42.0 Å². The van der Waals surface area contributed by atoms with Crippen LogP contribution in [0.4, 0.5) is 8.78 Å². The maximum absolute atomic E-state index is 14.9. The zero-order valence-electron chi connectivity index (χ0n) is 10.8. The van der Waals surface area contributed by atoms with E-state index in [1.54, 1.807) is 31.2 Å². The largest absolute Gasteiger partial charge is 0.450 e. The second-order valence-electron chi connectivity index (χ2n) is 4.84. The lowest BCUT2D eigenvalue weighted by atomic mass is 9.92. The minimum atomic E-state index is -2.78. The normalized spacial score (nSPS) is 24.9. The maximum Gasteiger partial charge on any atom is 0.312 e. The summed E-state index contributed by atoms with van der Waals surface area (Å²) in [7, 11) is 0. The van der Waals surface area contributed by atoms with Crippen LogP contribution in [0.3, 0.4) is 0 Å². The van der Waals surface area contributed by atoms with Gasteiger partial charge >= 0.3 is 5.85 Å². The zero-order valence-corrected chi connectivity index (χ0v) is 10.8. The van der Waals surface area contributed by atoms with Crippen molar-refractivity contribution in [3.8, 4) is 5.75 Å². The van der Waals surface area contributed by atoms with Crippen LogP contribution in [0.15, 0.2) is 48.5 Å². The van der Waals surface area contributed by atoms with Crippen LogP contribution < -0.4 is 4.74 Å². The van der Waals surface area contributed by atoms with Crippen molar-refractivity contribution in [1.29, 1.82) is 0 Å². The molecule has 0 fully saturated rings. The number of carbonyl (C=O) groups is 1. The first kappa shape index (κ1) is 12.8. The van der Waals surface area contributed by atoms with Crippen molar-refractivity contribution < 1.29 is 18.3 Å². The fourth-order valence-electron chi connectivity index (χ4n) is 2.31. The molecule has 1 aliphatic rings. The number of ether oxygens (including phenoxy) is 1. The van der Waals surface area contributed by atoms with Gasteiger partial charge in [0, 0.05) is 5.56 Å². The van der Waals surface area contributed by atoms with Gasteiger partial charge in [-0.15, -0.1) is 0 Å². The van der Waals surface area contributed by atoms with Crippen molar-refractivity contribution in [2.24, 2.45) is 0 Å². The van der Waals surface area contributed by atoms with Gasteiger partial charge in [-0.3, -0.25) is 4.79 Å². The number of rotatable bonds is 1. The number of alkyl halides is 2. The number of hydrogen-bond donors (Lipinski definition) is 0. The molecule has 0 aliphatic carbocycles. The third-order valence-corrected chi connectivity index (χ3v) is 3.38. The average Bonchev–Trinajstić information content (AvgIpc) is 2.47. The van der Waals surface area contributed by atoms with E-state index in [0.717, 1.165) is 5.56 Å². The predicted molar refractivity (Wildman–Crippen MR) is 70.3 cm³/mol. The fourth-order valence-corrected chi connectivity index (χ4v) is 2.31. The highest BCUT2D eigenvalue weighted by Gasteiger charge is 2.52. The topological polar surface area (TPSA) is 26.3 Å². The number of hydrogen-bond acceptors (Lipinski definition) is 2. The third kappa shape index (κ3) is 1.80. The highest BCUT2D eigenvalue weighted by molar-refractivity contribution is 6.03. The molecule has 0 aromatic heterocycles. The van der Waals surface area contributed by atoms with Crippen molar-refractivity contribution >= 4 is 5.78 Å². The van der Waals surface area contributed by atoms with Crippen molar-refractivity contribution in [2.75, 3.05) is 0 Å². The van der Waals surface area contributed by atoms with Crippen LogP contribution in [0.1, 0.15) is 21.5 Å². The van der Waals surface area contributed by atoms with Crippen LogP contribution >= 0.6 is 0 Å². The molecule has 3 rings (SSSR count). The molecule has 20 heavy (non-hydrogen) atoms. The lowest BCUT2D eigenvalue weighted by Gasteiger charge is -2.34. The molecule has 2 aromatic carbocycles. The first-order valence-corrected chi connectivity index (χ1v) is 6.25. The van der Waals surface area contributed by atoms with E-state index in [9.17, 15) is 13.6 Å². The molecule has 0 bridgehead atoms. The molecule has 0 amide bonds. The van der Waals surface area contributed by atoms with Crippen LogP contribution in [0.25, 0.3) is 0 Å². The quantitative estimate of drug-likeness (QED) is 0.792. The Morgan fingerprint density at radius 1 is 1.15 bits per heavy atom. The van der Waals surface area contributed by atoms with E-state index in [-0.39, 0.29) is 16.9 Å². The van der Waals surface area contributed by atoms with Crippen LogP contribution in [-0.4, -0.2) is 12.0 Å². The zero-order chi connectivity index (χ0) is 14.3. The van der Waals surface area contributed by atoms with E-state index in [0.29, 0.717) is 0 Å². The molecule has 0 spiro atoms. The molecule has 1 heterocycles. The molecule has 0 radical (unpaired) electrons. The summed E-state index contributed by atoms with van der Waals surface area (Å²) >= 11 is 0. The van der Waals surface area contributed by atoms with Crippen LogP contribution in [0.2, 0.25) is 0 Å². The molecular weight excluding hydrogens is 262 g/mol. The Hall–Kier alpha value is -2.23. The highest BCUT2D eigenvalue weighted by Crippen LogP contribution is 2.42. The van der Waals surface area contributed by atoms with Gasteiger partial charge in [-0.25, -0.2) is 4.39 Å². The Kier molecular flexibility index (Phi) is 2.82. The second kappa shape index (κ2) is 4.40. The van der Waals surface area contributed by atoms with Crippen molar-refractivity contribution in [1.82, 2.24) is 0 Å². The van der Waals surface area contributed by atoms with E-state index >= 15 is 0 Å². The SMILES string of the molecule is Cc1ccc2c(c1)C(=O)C(F)C(F)(c1ccccc1)O2. The van der Waals surface area contributed by atoms with E-state index in [2.05, 4.69) is 0 Å². The summed E-state index contributed by atoms with van der Waals surface area (Å²) in [5.74, 6) is -3.59. The van der Waals surface area contributed by atoms with Gasteiger partial charge in [0.2, 0.25) is 12.0 Å². The number of benzene rings is 2. The van der Waals surface area contributed by atoms with Crippen LogP contribution in [-0.2, 0) is 5.85 Å². The standard InChI is InChI=1S/C16H12F2O2/c1-10-7-8-13-12(9-10)14(19)15(17)16(18,20-13)11-5-3-2-4-6-11/h2-9,15H,1H3. The summed E-state index contributed by atoms with van der Waals surface area (Å²) in [4.78, 5) is 12.1. The van der Waals surface area contributed by atoms with Gasteiger partial charge < -0.3 is 4.74 Å². The predicted octanol–water partition coefficient (Wildman–Crippen LogP) is 3.73. The van der Waals surface area contributed by atoms with Crippen molar-refractivity contribution in [3.05, 3.63) is 65.2 Å². The number of fused-ring (bicyclic) bond motifs is 1. The smallest absolute Gasteiger partial charge is 0.312 e. The summed E-state index contributed by atoms with van der Waals surface area (Å²) in [5.41, 5.74) is 0.868. The maximum atomic E-state index is 14.9. The Morgan fingerprint density at radius 3 is 2.55 bits per heavy atom. The molecule has 0 saturated heterocycles. The monoisotopic (exact) mass is 274 g/mol. The third-order valence-electron chi connectivity index (χ3n) is 3.38. The first-order chi connectivity index (χ1) is 9.52. The molecular formula is C16H12F2O2. The Bertz CT molecular complexity index is 669. The van der Waals surface area contributed by atoms with E-state index in [1.165, 1.54) is 24.3 Å². The minimum Gasteiger partial charge on any atom is -0.450 e. The molecule has 4 heteroatoms. The number of Topliss-reactive ketones (excluding diaryl/α,β-unsaturated/α-hetero) is 1. The van der Waals surface area contributed by atoms with Gasteiger partial charge in [0.15, 0.2) is 0 Å². The van der Waals surface area contributed by atoms with Gasteiger partial charge in [0.05, 0.1) is 5.56 Å². The van der Waals surface area contributed by atoms with E-state index in [4.69, 9.17) is 4.74 Å². The van der Waals surface area contributed by atoms with E-state index < -0.39 is 17.8 Å². The molecule has 2 aromatic rings.